The third-order valence-corrected chi connectivity index (χ3v) is 3.21. The Morgan fingerprint density at radius 1 is 1.56 bits per heavy atom. The zero-order valence-electron chi connectivity index (χ0n) is 8.90. The summed E-state index contributed by atoms with van der Waals surface area (Å²) in [6.45, 7) is 0.422. The van der Waals surface area contributed by atoms with Gasteiger partial charge in [-0.15, -0.1) is 0 Å². The molecule has 0 unspecified atom stereocenters. The van der Waals surface area contributed by atoms with E-state index in [1.807, 2.05) is 0 Å². The Morgan fingerprint density at radius 2 is 2.31 bits per heavy atom. The van der Waals surface area contributed by atoms with Gasteiger partial charge >= 0.3 is 5.97 Å². The normalized spacial score (nSPS) is 18.1. The maximum absolute atomic E-state index is 10.8. The van der Waals surface area contributed by atoms with Gasteiger partial charge in [-0.25, -0.2) is 4.79 Å². The van der Waals surface area contributed by atoms with Crippen molar-refractivity contribution in [2.24, 2.45) is 0 Å². The first-order chi connectivity index (χ1) is 7.67. The quantitative estimate of drug-likeness (QED) is 0.695. The first kappa shape index (κ1) is 11.2. The molecule has 0 aliphatic heterocycles. The highest BCUT2D eigenvalue weighted by molar-refractivity contribution is 5.88. The fourth-order valence-electron chi connectivity index (χ4n) is 1.93. The second-order valence-electron chi connectivity index (χ2n) is 4.21. The highest BCUT2D eigenvalue weighted by atomic mass is 16.4. The number of aromatic carboxylic acids is 1. The van der Waals surface area contributed by atoms with Gasteiger partial charge < -0.3 is 19.9 Å². The Balaban J connectivity index is 1.99. The first-order valence-electron chi connectivity index (χ1n) is 5.32. The molecular weight excluding hydrogens is 210 g/mol. The maximum atomic E-state index is 10.8. The van der Waals surface area contributed by atoms with E-state index in [4.69, 9.17) is 9.52 Å². The molecule has 1 saturated carbocycles. The Kier molecular flexibility index (Phi) is 2.98. The van der Waals surface area contributed by atoms with Crippen LogP contribution in [-0.4, -0.2) is 28.3 Å². The molecule has 1 aliphatic carbocycles. The van der Waals surface area contributed by atoms with E-state index in [0.717, 1.165) is 19.3 Å². The van der Waals surface area contributed by atoms with Crippen molar-refractivity contribution in [3.8, 4) is 0 Å². The number of nitrogens with one attached hydrogen (secondary N) is 1. The maximum Gasteiger partial charge on any atom is 0.339 e. The zero-order valence-corrected chi connectivity index (χ0v) is 8.90. The first-order valence-corrected chi connectivity index (χ1v) is 5.32. The fourth-order valence-corrected chi connectivity index (χ4v) is 1.93. The number of rotatable bonds is 5. The summed E-state index contributed by atoms with van der Waals surface area (Å²) in [7, 11) is 0. The Labute approximate surface area is 93.1 Å². The molecule has 3 N–H and O–H groups in total. The SMILES string of the molecule is O=C(O)c1ccoc1CNC1(CO)CCC1. The number of hydrogen-bond donors (Lipinski definition) is 3. The van der Waals surface area contributed by atoms with Gasteiger partial charge in [0.2, 0.25) is 0 Å². The van der Waals surface area contributed by atoms with Crippen LogP contribution in [0.4, 0.5) is 0 Å². The monoisotopic (exact) mass is 225 g/mol. The molecule has 0 atom stereocenters. The van der Waals surface area contributed by atoms with Crippen LogP contribution in [-0.2, 0) is 6.54 Å². The molecule has 0 spiro atoms. The van der Waals surface area contributed by atoms with Crippen LogP contribution in [0.3, 0.4) is 0 Å². The molecule has 2 rings (SSSR count). The van der Waals surface area contributed by atoms with Crippen LogP contribution in [0.2, 0.25) is 0 Å². The van der Waals surface area contributed by atoms with Gasteiger partial charge in [0.1, 0.15) is 11.3 Å². The number of furan rings is 1. The average Bonchev–Trinajstić information content (AvgIpc) is 2.65. The van der Waals surface area contributed by atoms with Crippen LogP contribution in [0.25, 0.3) is 0 Å². The van der Waals surface area contributed by atoms with Crippen LogP contribution < -0.4 is 5.32 Å². The van der Waals surface area contributed by atoms with Crippen LogP contribution in [0.1, 0.15) is 35.4 Å². The largest absolute Gasteiger partial charge is 0.478 e. The van der Waals surface area contributed by atoms with Crippen LogP contribution in [0.15, 0.2) is 16.7 Å². The second kappa shape index (κ2) is 4.27. The highest BCUT2D eigenvalue weighted by Crippen LogP contribution is 2.31. The summed E-state index contributed by atoms with van der Waals surface area (Å²) in [5, 5.41) is 21.3. The molecule has 1 aromatic rings. The van der Waals surface area contributed by atoms with Gasteiger partial charge in [0.25, 0.3) is 0 Å². The third-order valence-electron chi connectivity index (χ3n) is 3.21. The van der Waals surface area contributed by atoms with Gasteiger partial charge in [0.15, 0.2) is 0 Å². The Bertz CT molecular complexity index is 376. The van der Waals surface area contributed by atoms with E-state index in [1.165, 1.54) is 12.3 Å². The molecule has 1 heterocycles. The van der Waals surface area contributed by atoms with Gasteiger partial charge in [-0.2, -0.15) is 0 Å². The number of carbonyl (C=O) groups is 1. The van der Waals surface area contributed by atoms with E-state index >= 15 is 0 Å². The van der Waals surface area contributed by atoms with Crippen molar-refractivity contribution in [2.75, 3.05) is 6.61 Å². The van der Waals surface area contributed by atoms with Gasteiger partial charge in [-0.1, -0.05) is 0 Å². The van der Waals surface area contributed by atoms with E-state index in [9.17, 15) is 9.90 Å². The minimum atomic E-state index is -0.989. The topological polar surface area (TPSA) is 82.7 Å². The molecule has 5 nitrogen and oxygen atoms in total. The molecule has 0 aromatic carbocycles. The van der Waals surface area contributed by atoms with Crippen LogP contribution in [0.5, 0.6) is 0 Å². The third kappa shape index (κ3) is 1.96. The molecule has 5 heteroatoms. The predicted molar refractivity (Wildman–Crippen MR) is 56.2 cm³/mol. The molecule has 1 fully saturated rings. The second-order valence-corrected chi connectivity index (χ2v) is 4.21. The lowest BCUT2D eigenvalue weighted by molar-refractivity contribution is 0.0689. The summed E-state index contributed by atoms with van der Waals surface area (Å²) in [4.78, 5) is 10.8. The molecule has 88 valence electrons. The predicted octanol–water partition coefficient (Wildman–Crippen LogP) is 0.982. The zero-order chi connectivity index (χ0) is 11.6. The molecule has 0 saturated heterocycles. The number of aliphatic hydroxyl groups is 1. The Morgan fingerprint density at radius 3 is 2.81 bits per heavy atom. The van der Waals surface area contributed by atoms with Crippen molar-refractivity contribution in [2.45, 2.75) is 31.3 Å². The van der Waals surface area contributed by atoms with Crippen molar-refractivity contribution < 1.29 is 19.4 Å². The van der Waals surface area contributed by atoms with E-state index < -0.39 is 5.97 Å². The number of aliphatic hydroxyl groups excluding tert-OH is 1. The standard InChI is InChI=1S/C11H15NO4/c13-7-11(3-1-4-11)12-6-9-8(10(14)15)2-5-16-9/h2,5,12-13H,1,3-4,6-7H2,(H,14,15). The van der Waals surface area contributed by atoms with Gasteiger partial charge in [0.05, 0.1) is 19.4 Å². The molecular formula is C11H15NO4. The number of carboxylic acid groups (broad SMARTS) is 1. The molecule has 0 amide bonds. The van der Waals surface area contributed by atoms with Crippen molar-refractivity contribution in [1.29, 1.82) is 0 Å². The Hall–Kier alpha value is -1.33. The lowest BCUT2D eigenvalue weighted by Crippen LogP contribution is -2.53. The summed E-state index contributed by atoms with van der Waals surface area (Å²) in [6.07, 6.45) is 4.31. The molecule has 0 radical (unpaired) electrons. The summed E-state index contributed by atoms with van der Waals surface area (Å²) >= 11 is 0. The van der Waals surface area contributed by atoms with E-state index in [0.29, 0.717) is 12.3 Å². The van der Waals surface area contributed by atoms with Gasteiger partial charge in [0, 0.05) is 5.54 Å². The number of carboxylic acids is 1. The number of hydrogen-bond acceptors (Lipinski definition) is 4. The van der Waals surface area contributed by atoms with E-state index in [1.54, 1.807) is 0 Å². The lowest BCUT2D eigenvalue weighted by atomic mass is 9.77. The smallest absolute Gasteiger partial charge is 0.339 e. The molecule has 16 heavy (non-hydrogen) atoms. The van der Waals surface area contributed by atoms with E-state index in [-0.39, 0.29) is 17.7 Å². The summed E-state index contributed by atoms with van der Waals surface area (Å²) in [5.41, 5.74) is -0.0531. The minimum absolute atomic E-state index is 0.0795. The van der Waals surface area contributed by atoms with Crippen LogP contribution in [0, 0.1) is 0 Å². The van der Waals surface area contributed by atoms with Crippen molar-refractivity contribution in [3.63, 3.8) is 0 Å². The summed E-state index contributed by atoms with van der Waals surface area (Å²) in [5.74, 6) is -0.579. The van der Waals surface area contributed by atoms with Crippen molar-refractivity contribution >= 4 is 5.97 Å². The molecule has 1 aromatic heterocycles. The van der Waals surface area contributed by atoms with Crippen molar-refractivity contribution in [1.82, 2.24) is 5.32 Å². The summed E-state index contributed by atoms with van der Waals surface area (Å²) in [6, 6.07) is 1.44. The van der Waals surface area contributed by atoms with E-state index in [2.05, 4.69) is 5.32 Å². The average molecular weight is 225 g/mol. The van der Waals surface area contributed by atoms with Crippen LogP contribution >= 0.6 is 0 Å². The van der Waals surface area contributed by atoms with Gasteiger partial charge in [-0.05, 0) is 25.3 Å². The lowest BCUT2D eigenvalue weighted by Gasteiger charge is -2.41. The molecule has 1 aliphatic rings. The fraction of sp³-hybridized carbons (Fsp3) is 0.545. The summed E-state index contributed by atoms with van der Waals surface area (Å²) < 4.78 is 5.11. The highest BCUT2D eigenvalue weighted by Gasteiger charge is 2.36. The van der Waals surface area contributed by atoms with Gasteiger partial charge in [-0.3, -0.25) is 0 Å². The van der Waals surface area contributed by atoms with Crippen molar-refractivity contribution in [3.05, 3.63) is 23.7 Å². The minimum Gasteiger partial charge on any atom is -0.478 e. The molecule has 0 bridgehead atoms.